The fraction of sp³-hybridized carbons (Fsp3) is 0.222. The minimum atomic E-state index is -0.185. The summed E-state index contributed by atoms with van der Waals surface area (Å²) in [6, 6.07) is 3.72. The molecule has 4 rings (SSSR count). The minimum Gasteiger partial charge on any atom is -0.364 e. The number of anilines is 1. The Bertz CT molecular complexity index is 898. The normalized spacial score (nSPS) is 12.9. The van der Waals surface area contributed by atoms with Crippen molar-refractivity contribution >= 4 is 11.7 Å². The molecule has 1 amide bonds. The first-order valence-corrected chi connectivity index (χ1v) is 7.96. The number of pyridine rings is 1. The number of hydrogen-bond acceptors (Lipinski definition) is 4. The lowest BCUT2D eigenvalue weighted by molar-refractivity contribution is 0.102. The Morgan fingerprint density at radius 2 is 2.12 bits per heavy atom. The molecule has 24 heavy (non-hydrogen) atoms. The molecule has 0 saturated heterocycles. The predicted molar refractivity (Wildman–Crippen MR) is 90.8 cm³/mol. The average molecular weight is 319 g/mol. The fourth-order valence-corrected chi connectivity index (χ4v) is 3.06. The highest BCUT2D eigenvalue weighted by Gasteiger charge is 2.24. The number of rotatable bonds is 2. The summed E-state index contributed by atoms with van der Waals surface area (Å²) in [4.78, 5) is 28.8. The molecule has 0 atom stereocenters. The van der Waals surface area contributed by atoms with Crippen LogP contribution in [0.2, 0.25) is 0 Å². The second-order valence-electron chi connectivity index (χ2n) is 5.98. The zero-order valence-electron chi connectivity index (χ0n) is 13.3. The van der Waals surface area contributed by atoms with Gasteiger partial charge in [-0.2, -0.15) is 0 Å². The van der Waals surface area contributed by atoms with E-state index in [2.05, 4.69) is 25.3 Å². The van der Waals surface area contributed by atoms with Gasteiger partial charge >= 0.3 is 0 Å². The van der Waals surface area contributed by atoms with E-state index in [1.165, 1.54) is 6.33 Å². The number of hydrogen-bond donors (Lipinski definition) is 2. The third-order valence-electron chi connectivity index (χ3n) is 4.26. The number of carbonyl (C=O) groups is 1. The molecule has 1 aliphatic rings. The number of amides is 1. The van der Waals surface area contributed by atoms with Crippen LogP contribution in [0.25, 0.3) is 11.3 Å². The van der Waals surface area contributed by atoms with E-state index >= 15 is 0 Å². The predicted octanol–water partition coefficient (Wildman–Crippen LogP) is 2.92. The van der Waals surface area contributed by atoms with Gasteiger partial charge in [0.15, 0.2) is 0 Å². The molecule has 0 aromatic carbocycles. The van der Waals surface area contributed by atoms with Crippen molar-refractivity contribution in [1.29, 1.82) is 0 Å². The summed E-state index contributed by atoms with van der Waals surface area (Å²) in [5.41, 5.74) is 5.51. The van der Waals surface area contributed by atoms with Gasteiger partial charge in [-0.3, -0.25) is 4.79 Å². The molecule has 0 spiro atoms. The monoisotopic (exact) mass is 319 g/mol. The maximum Gasteiger partial charge on any atom is 0.259 e. The standard InChI is InChI=1S/C18H17N5O/c1-11-5-6-15(21-7-11)23-18(24)13-9-20-14-4-2-3-12-8-19-10-22-17(12)16(13)14/h5-10,20H,2-4H2,1H3,(H,21,23,24). The molecule has 120 valence electrons. The third-order valence-corrected chi connectivity index (χ3v) is 4.26. The van der Waals surface area contributed by atoms with Crippen LogP contribution < -0.4 is 5.32 Å². The average Bonchev–Trinajstić information content (AvgIpc) is 2.93. The third kappa shape index (κ3) is 2.56. The van der Waals surface area contributed by atoms with Crippen molar-refractivity contribution < 1.29 is 4.79 Å². The van der Waals surface area contributed by atoms with Gasteiger partial charge in [-0.05, 0) is 43.4 Å². The second-order valence-corrected chi connectivity index (χ2v) is 5.98. The van der Waals surface area contributed by atoms with Gasteiger partial charge in [-0.15, -0.1) is 0 Å². The smallest absolute Gasteiger partial charge is 0.259 e. The van der Waals surface area contributed by atoms with Crippen LogP contribution in [-0.2, 0) is 12.8 Å². The molecule has 6 heteroatoms. The van der Waals surface area contributed by atoms with E-state index in [1.54, 1.807) is 18.5 Å². The van der Waals surface area contributed by atoms with E-state index in [1.807, 2.05) is 19.2 Å². The van der Waals surface area contributed by atoms with Crippen LogP contribution in [-0.4, -0.2) is 25.8 Å². The van der Waals surface area contributed by atoms with Gasteiger partial charge in [0, 0.05) is 29.8 Å². The van der Waals surface area contributed by atoms with Crippen LogP contribution in [0.3, 0.4) is 0 Å². The zero-order chi connectivity index (χ0) is 16.5. The van der Waals surface area contributed by atoms with E-state index in [-0.39, 0.29) is 5.91 Å². The lowest BCUT2D eigenvalue weighted by atomic mass is 10.0. The van der Waals surface area contributed by atoms with Crippen LogP contribution >= 0.6 is 0 Å². The maximum absolute atomic E-state index is 12.7. The Labute approximate surface area is 139 Å². The zero-order valence-corrected chi connectivity index (χ0v) is 13.3. The number of fused-ring (bicyclic) bond motifs is 3. The van der Waals surface area contributed by atoms with Crippen molar-refractivity contribution in [3.63, 3.8) is 0 Å². The lowest BCUT2D eigenvalue weighted by Gasteiger charge is -2.08. The van der Waals surface area contributed by atoms with Crippen LogP contribution in [0.15, 0.2) is 37.1 Å². The minimum absolute atomic E-state index is 0.185. The van der Waals surface area contributed by atoms with Gasteiger partial charge in [-0.25, -0.2) is 15.0 Å². The van der Waals surface area contributed by atoms with Gasteiger partial charge in [0.05, 0.1) is 11.3 Å². The highest BCUT2D eigenvalue weighted by molar-refractivity contribution is 6.08. The first-order chi connectivity index (χ1) is 11.7. The van der Waals surface area contributed by atoms with Gasteiger partial charge in [0.25, 0.3) is 5.91 Å². The summed E-state index contributed by atoms with van der Waals surface area (Å²) < 4.78 is 0. The number of nitrogens with one attached hydrogen (secondary N) is 2. The lowest BCUT2D eigenvalue weighted by Crippen LogP contribution is -2.13. The van der Waals surface area contributed by atoms with E-state index in [4.69, 9.17) is 0 Å². The molecule has 6 nitrogen and oxygen atoms in total. The molecule has 0 unspecified atom stereocenters. The Balaban J connectivity index is 1.73. The summed E-state index contributed by atoms with van der Waals surface area (Å²) in [5.74, 6) is 0.354. The number of nitrogens with zero attached hydrogens (tertiary/aromatic N) is 3. The first-order valence-electron chi connectivity index (χ1n) is 7.96. The SMILES string of the molecule is Cc1ccc(NC(=O)c2c[nH]c3c2-c2ncncc2CCC3)nc1. The summed E-state index contributed by atoms with van der Waals surface area (Å²) in [7, 11) is 0. The molecule has 0 saturated carbocycles. The molecular formula is C18H17N5O. The topological polar surface area (TPSA) is 83.6 Å². The highest BCUT2D eigenvalue weighted by Crippen LogP contribution is 2.33. The van der Waals surface area contributed by atoms with Gasteiger partial charge < -0.3 is 10.3 Å². The molecule has 0 bridgehead atoms. The molecule has 0 aliphatic heterocycles. The molecule has 3 aromatic rings. The van der Waals surface area contributed by atoms with Crippen LogP contribution in [0.5, 0.6) is 0 Å². The number of aryl methyl sites for hydroxylation is 3. The van der Waals surface area contributed by atoms with Gasteiger partial charge in [0.1, 0.15) is 12.1 Å². The van der Waals surface area contributed by atoms with Gasteiger partial charge in [-0.1, -0.05) is 6.07 Å². The van der Waals surface area contributed by atoms with Crippen molar-refractivity contribution in [3.8, 4) is 11.3 Å². The molecule has 3 aromatic heterocycles. The number of aromatic nitrogens is 4. The van der Waals surface area contributed by atoms with E-state index in [0.29, 0.717) is 11.4 Å². The van der Waals surface area contributed by atoms with E-state index in [9.17, 15) is 4.79 Å². The van der Waals surface area contributed by atoms with Crippen molar-refractivity contribution in [2.24, 2.45) is 0 Å². The van der Waals surface area contributed by atoms with E-state index in [0.717, 1.165) is 47.3 Å². The Hall–Kier alpha value is -3.02. The molecule has 0 radical (unpaired) electrons. The van der Waals surface area contributed by atoms with Gasteiger partial charge in [0.2, 0.25) is 0 Å². The summed E-state index contributed by atoms with van der Waals surface area (Å²) in [5, 5.41) is 2.86. The van der Waals surface area contributed by atoms with Crippen molar-refractivity contribution in [3.05, 3.63) is 59.4 Å². The summed E-state index contributed by atoms with van der Waals surface area (Å²) in [6.45, 7) is 1.96. The van der Waals surface area contributed by atoms with E-state index < -0.39 is 0 Å². The second kappa shape index (κ2) is 5.88. The fourth-order valence-electron chi connectivity index (χ4n) is 3.06. The maximum atomic E-state index is 12.7. The summed E-state index contributed by atoms with van der Waals surface area (Å²) >= 11 is 0. The number of aromatic amines is 1. The van der Waals surface area contributed by atoms with Crippen molar-refractivity contribution in [2.75, 3.05) is 5.32 Å². The largest absolute Gasteiger partial charge is 0.364 e. The molecule has 3 heterocycles. The number of carbonyl (C=O) groups excluding carboxylic acids is 1. The van der Waals surface area contributed by atoms with Crippen molar-refractivity contribution in [2.45, 2.75) is 26.2 Å². The Morgan fingerprint density at radius 1 is 1.21 bits per heavy atom. The molecule has 1 aliphatic carbocycles. The van der Waals surface area contributed by atoms with Crippen LogP contribution in [0.4, 0.5) is 5.82 Å². The molecule has 2 N–H and O–H groups in total. The highest BCUT2D eigenvalue weighted by atomic mass is 16.1. The van der Waals surface area contributed by atoms with Crippen LogP contribution in [0, 0.1) is 6.92 Å². The molecular weight excluding hydrogens is 302 g/mol. The Kier molecular flexibility index (Phi) is 3.57. The Morgan fingerprint density at radius 3 is 2.96 bits per heavy atom. The van der Waals surface area contributed by atoms with Crippen molar-refractivity contribution in [1.82, 2.24) is 19.9 Å². The molecule has 0 fully saturated rings. The quantitative estimate of drug-likeness (QED) is 0.760. The van der Waals surface area contributed by atoms with Crippen LogP contribution in [0.1, 0.15) is 33.6 Å². The summed E-state index contributed by atoms with van der Waals surface area (Å²) in [6.07, 6.45) is 9.68. The number of H-pyrrole nitrogens is 1. The first kappa shape index (κ1) is 14.6.